The van der Waals surface area contributed by atoms with Crippen LogP contribution < -0.4 is 5.32 Å². The van der Waals surface area contributed by atoms with Gasteiger partial charge < -0.3 is 14.5 Å². The van der Waals surface area contributed by atoms with Crippen LogP contribution in [0.5, 0.6) is 0 Å². The molecule has 0 saturated carbocycles. The number of esters is 1. The maximum absolute atomic E-state index is 12.3. The molecule has 0 aliphatic carbocycles. The fourth-order valence-electron chi connectivity index (χ4n) is 2.77. The summed E-state index contributed by atoms with van der Waals surface area (Å²) < 4.78 is 10.3. The number of carbonyl (C=O) groups excluding carboxylic acids is 2. The van der Waals surface area contributed by atoms with E-state index in [1.807, 2.05) is 18.2 Å². The van der Waals surface area contributed by atoms with Crippen LogP contribution in [-0.2, 0) is 20.7 Å². The summed E-state index contributed by atoms with van der Waals surface area (Å²) in [4.78, 5) is 24.1. The van der Waals surface area contributed by atoms with E-state index >= 15 is 0 Å². The summed E-state index contributed by atoms with van der Waals surface area (Å²) in [6.07, 6.45) is 2.20. The van der Waals surface area contributed by atoms with Gasteiger partial charge in [-0.1, -0.05) is 45.9 Å². The number of carbonyl (C=O) groups is 2. The minimum Gasteiger partial charge on any atom is -0.469 e. The van der Waals surface area contributed by atoms with E-state index in [-0.39, 0.29) is 30.8 Å². The van der Waals surface area contributed by atoms with Gasteiger partial charge in [0, 0.05) is 12.1 Å². The first-order valence-corrected chi connectivity index (χ1v) is 8.99. The van der Waals surface area contributed by atoms with Crippen LogP contribution in [-0.4, -0.2) is 18.5 Å². The molecule has 0 atom stereocenters. The van der Waals surface area contributed by atoms with Gasteiger partial charge in [-0.05, 0) is 35.1 Å². The Kier molecular flexibility index (Phi) is 7.01. The van der Waals surface area contributed by atoms with Crippen molar-refractivity contribution in [2.75, 3.05) is 11.9 Å². The van der Waals surface area contributed by atoms with Crippen molar-refractivity contribution < 1.29 is 18.7 Å². The number of aryl methyl sites for hydroxylation is 1. The molecule has 0 bridgehead atoms. The Morgan fingerprint density at radius 2 is 1.69 bits per heavy atom. The number of nitrogens with one attached hydrogen (secondary N) is 1. The van der Waals surface area contributed by atoms with Gasteiger partial charge in [0.1, 0.15) is 5.76 Å². The van der Waals surface area contributed by atoms with E-state index in [1.54, 1.807) is 18.4 Å². The molecule has 0 aliphatic heterocycles. The molecule has 1 aromatic heterocycles. The number of anilines is 1. The van der Waals surface area contributed by atoms with E-state index in [4.69, 9.17) is 9.15 Å². The first-order chi connectivity index (χ1) is 12.4. The zero-order valence-electron chi connectivity index (χ0n) is 15.9. The van der Waals surface area contributed by atoms with Gasteiger partial charge in [0.15, 0.2) is 6.61 Å². The van der Waals surface area contributed by atoms with Gasteiger partial charge in [0.2, 0.25) is 0 Å². The molecule has 1 amide bonds. The lowest BCUT2D eigenvalue weighted by molar-refractivity contribution is -0.147. The monoisotopic (exact) mass is 357 g/mol. The number of benzene rings is 1. The van der Waals surface area contributed by atoms with E-state index in [0.717, 1.165) is 22.6 Å². The van der Waals surface area contributed by atoms with Gasteiger partial charge in [0.25, 0.3) is 5.91 Å². The lowest BCUT2D eigenvalue weighted by Gasteiger charge is -2.20. The molecule has 0 spiro atoms. The zero-order valence-corrected chi connectivity index (χ0v) is 15.9. The second kappa shape index (κ2) is 9.22. The minimum absolute atomic E-state index is 0.181. The topological polar surface area (TPSA) is 68.5 Å². The van der Waals surface area contributed by atoms with Crippen LogP contribution in [0.25, 0.3) is 0 Å². The van der Waals surface area contributed by atoms with E-state index in [1.165, 1.54) is 0 Å². The molecular weight excluding hydrogens is 330 g/mol. The van der Waals surface area contributed by atoms with E-state index in [2.05, 4.69) is 33.0 Å². The standard InChI is InChI=1S/C21H27NO4/c1-14(2)17-8-5-9-18(15(3)4)21(17)22-19(23)13-26-20(24)11-10-16-7-6-12-25-16/h5-9,12,14-15H,10-11,13H2,1-4H3,(H,22,23). The SMILES string of the molecule is CC(C)c1cccc(C(C)C)c1NC(=O)COC(=O)CCc1ccco1. The lowest BCUT2D eigenvalue weighted by Crippen LogP contribution is -2.22. The van der Waals surface area contributed by atoms with Gasteiger partial charge in [0.05, 0.1) is 12.7 Å². The maximum Gasteiger partial charge on any atom is 0.306 e. The fourth-order valence-corrected chi connectivity index (χ4v) is 2.77. The summed E-state index contributed by atoms with van der Waals surface area (Å²) in [5.41, 5.74) is 2.98. The predicted octanol–water partition coefficient (Wildman–Crippen LogP) is 4.64. The van der Waals surface area contributed by atoms with Crippen molar-refractivity contribution in [1.29, 1.82) is 0 Å². The molecule has 2 aromatic rings. The van der Waals surface area contributed by atoms with Crippen LogP contribution in [0, 0.1) is 0 Å². The van der Waals surface area contributed by atoms with Crippen LogP contribution in [0.1, 0.15) is 62.8 Å². The Bertz CT molecular complexity index is 706. The Morgan fingerprint density at radius 3 is 2.23 bits per heavy atom. The summed E-state index contributed by atoms with van der Waals surface area (Å²) >= 11 is 0. The van der Waals surface area contributed by atoms with Crippen LogP contribution >= 0.6 is 0 Å². The third kappa shape index (κ3) is 5.48. The van der Waals surface area contributed by atoms with E-state index in [0.29, 0.717) is 6.42 Å². The summed E-state index contributed by atoms with van der Waals surface area (Å²) in [5.74, 6) is 0.530. The first kappa shape index (κ1) is 19.8. The number of para-hydroxylation sites is 1. The highest BCUT2D eigenvalue weighted by molar-refractivity contribution is 5.94. The zero-order chi connectivity index (χ0) is 19.1. The maximum atomic E-state index is 12.3. The smallest absolute Gasteiger partial charge is 0.306 e. The van der Waals surface area contributed by atoms with Crippen molar-refractivity contribution in [2.45, 2.75) is 52.4 Å². The van der Waals surface area contributed by atoms with Crippen molar-refractivity contribution in [3.63, 3.8) is 0 Å². The molecule has 5 heteroatoms. The second-order valence-corrected chi connectivity index (χ2v) is 6.91. The quantitative estimate of drug-likeness (QED) is 0.699. The Labute approximate surface area is 154 Å². The third-order valence-electron chi connectivity index (χ3n) is 4.16. The third-order valence-corrected chi connectivity index (χ3v) is 4.16. The van der Waals surface area contributed by atoms with Gasteiger partial charge in [-0.2, -0.15) is 0 Å². The van der Waals surface area contributed by atoms with Crippen LogP contribution in [0.4, 0.5) is 5.69 Å². The highest BCUT2D eigenvalue weighted by Gasteiger charge is 2.17. The Hall–Kier alpha value is -2.56. The summed E-state index contributed by atoms with van der Waals surface area (Å²) in [6.45, 7) is 8.06. The molecule has 1 heterocycles. The number of ether oxygens (including phenoxy) is 1. The van der Waals surface area contributed by atoms with Crippen molar-refractivity contribution in [3.8, 4) is 0 Å². The van der Waals surface area contributed by atoms with Crippen molar-refractivity contribution in [2.24, 2.45) is 0 Å². The van der Waals surface area contributed by atoms with Crippen molar-refractivity contribution >= 4 is 17.6 Å². The number of hydrogen-bond donors (Lipinski definition) is 1. The molecule has 140 valence electrons. The molecule has 0 saturated heterocycles. The molecular formula is C21H27NO4. The summed E-state index contributed by atoms with van der Waals surface area (Å²) in [5, 5.41) is 2.93. The first-order valence-electron chi connectivity index (χ1n) is 8.99. The largest absolute Gasteiger partial charge is 0.469 e. The molecule has 2 rings (SSSR count). The van der Waals surface area contributed by atoms with Crippen LogP contribution in [0.15, 0.2) is 41.0 Å². The molecule has 26 heavy (non-hydrogen) atoms. The summed E-state index contributed by atoms with van der Waals surface area (Å²) in [6, 6.07) is 9.61. The fraction of sp³-hybridized carbons (Fsp3) is 0.429. The minimum atomic E-state index is -0.419. The van der Waals surface area contributed by atoms with Crippen LogP contribution in [0.2, 0.25) is 0 Å². The lowest BCUT2D eigenvalue weighted by atomic mass is 9.92. The molecule has 1 N–H and O–H groups in total. The predicted molar refractivity (Wildman–Crippen MR) is 101 cm³/mol. The second-order valence-electron chi connectivity index (χ2n) is 6.91. The number of furan rings is 1. The Balaban J connectivity index is 1.93. The van der Waals surface area contributed by atoms with E-state index in [9.17, 15) is 9.59 Å². The highest BCUT2D eigenvalue weighted by Crippen LogP contribution is 2.32. The van der Waals surface area contributed by atoms with E-state index < -0.39 is 5.97 Å². The summed E-state index contributed by atoms with van der Waals surface area (Å²) in [7, 11) is 0. The molecule has 1 aromatic carbocycles. The number of hydrogen-bond acceptors (Lipinski definition) is 4. The van der Waals surface area contributed by atoms with Crippen molar-refractivity contribution in [3.05, 3.63) is 53.5 Å². The van der Waals surface area contributed by atoms with Gasteiger partial charge in [-0.25, -0.2) is 0 Å². The van der Waals surface area contributed by atoms with Gasteiger partial charge >= 0.3 is 5.97 Å². The van der Waals surface area contributed by atoms with Crippen LogP contribution in [0.3, 0.4) is 0 Å². The normalized spacial score (nSPS) is 11.0. The molecule has 5 nitrogen and oxygen atoms in total. The average Bonchev–Trinajstić information content (AvgIpc) is 3.11. The number of amides is 1. The molecule has 0 aliphatic rings. The Morgan fingerprint density at radius 1 is 1.04 bits per heavy atom. The molecule has 0 fully saturated rings. The average molecular weight is 357 g/mol. The highest BCUT2D eigenvalue weighted by atomic mass is 16.5. The molecule has 0 radical (unpaired) electrons. The van der Waals surface area contributed by atoms with Gasteiger partial charge in [-0.3, -0.25) is 9.59 Å². The number of rotatable bonds is 8. The molecule has 0 unspecified atom stereocenters. The van der Waals surface area contributed by atoms with Gasteiger partial charge in [-0.15, -0.1) is 0 Å². The van der Waals surface area contributed by atoms with Crippen molar-refractivity contribution in [1.82, 2.24) is 0 Å².